The molecule has 0 radical (unpaired) electrons. The van der Waals surface area contributed by atoms with Gasteiger partial charge < -0.3 is 64.5 Å². The molecule has 8 N–H and O–H groups in total. The van der Waals surface area contributed by atoms with E-state index in [-0.39, 0.29) is 85.0 Å². The van der Waals surface area contributed by atoms with Gasteiger partial charge in [-0.1, -0.05) is 53.2 Å². The molecule has 14 aromatic heterocycles. The third-order valence-electron chi connectivity index (χ3n) is 17.9. The van der Waals surface area contributed by atoms with Crippen molar-refractivity contribution in [2.45, 2.75) is 50.5 Å². The monoisotopic (exact) mass is 2100 g/mol. The van der Waals surface area contributed by atoms with Crippen LogP contribution in [0.4, 0.5) is 106 Å². The largest absolute Gasteiger partial charge is 0.497 e. The maximum atomic E-state index is 12.7. The Balaban J connectivity index is 0.000000176. The molecule has 0 atom stereocenters. The number of rotatable bonds is 20. The molecule has 17 aromatic rings. The zero-order valence-electron chi connectivity index (χ0n) is 74.4. The molecule has 746 valence electrons. The van der Waals surface area contributed by atoms with Gasteiger partial charge in [0.05, 0.1) is 174 Å². The van der Waals surface area contributed by atoms with Crippen molar-refractivity contribution in [2.75, 3.05) is 47.9 Å². The number of halogens is 17. The number of aromatic nitrogens is 19. The van der Waals surface area contributed by atoms with Crippen LogP contribution in [0, 0.1) is 45.3 Å². The quantitative estimate of drug-likeness (QED) is 0.0136. The van der Waals surface area contributed by atoms with Crippen molar-refractivity contribution in [2.24, 2.45) is 10.9 Å². The first-order valence-corrected chi connectivity index (χ1v) is 41.5. The lowest BCUT2D eigenvalue weighted by molar-refractivity contribution is -0.142. The SMILES string of the molecule is COc1ccc(CN(c2ccc(C#N)nc2)c2ncc(-c3cnc(C(F)(F)F)cn3)o2)cc1.COc1ccc(CNc2ccc(C#N)nc2)cc1.COc1ccc(CNc2ccc(C#N)nc2)cc1.FC(F)(F)c1cnc(-c2cnc(Br)o2)cn1.FC(F)(F)c1cnc(-c2cnco2)cn1.FC(F)(F)c1cnc(Cl)cn1.N#Cc1ccc(N)cn1.N/C(=N/O)c1ccc(Nc2ncc(-c3cnc(C(F)(F)F)cn3)o2)cn1. The third kappa shape index (κ3) is 34.2. The van der Waals surface area contributed by atoms with Gasteiger partial charge in [0, 0.05) is 29.0 Å². The minimum atomic E-state index is -4.59. The fourth-order valence-electron chi connectivity index (χ4n) is 10.6. The molecular formula is C91H65BrClF15N30O8. The average molecular weight is 2110 g/mol. The predicted molar refractivity (Wildman–Crippen MR) is 490 cm³/mol. The number of hydrogen-bond acceptors (Lipinski definition) is 37. The number of ether oxygens (including phenoxy) is 3. The van der Waals surface area contributed by atoms with E-state index < -0.39 is 59.4 Å². The minimum absolute atomic E-state index is 0.0574. The first kappa shape index (κ1) is 109. The number of nitrogens with one attached hydrogen (secondary N) is 3. The molecule has 0 aliphatic heterocycles. The summed E-state index contributed by atoms with van der Waals surface area (Å²) in [6.07, 6.45) is -0.549. The Labute approximate surface area is 826 Å². The van der Waals surface area contributed by atoms with E-state index >= 15 is 0 Å². The summed E-state index contributed by atoms with van der Waals surface area (Å²) in [7, 11) is 4.87. The summed E-state index contributed by atoms with van der Waals surface area (Å²) in [5.74, 6) is 3.05. The van der Waals surface area contributed by atoms with E-state index in [1.165, 1.54) is 49.4 Å². The van der Waals surface area contributed by atoms with Crippen LogP contribution < -0.4 is 46.5 Å². The molecule has 0 fully saturated rings. The molecule has 0 aliphatic rings. The molecule has 0 spiro atoms. The lowest BCUT2D eigenvalue weighted by Crippen LogP contribution is -2.17. The molecule has 0 saturated heterocycles. The van der Waals surface area contributed by atoms with Crippen molar-refractivity contribution >= 4 is 73.8 Å². The second kappa shape index (κ2) is 51.8. The van der Waals surface area contributed by atoms with Crippen LogP contribution in [0.5, 0.6) is 17.2 Å². The molecule has 55 heteroatoms. The normalized spacial score (nSPS) is 10.9. The van der Waals surface area contributed by atoms with Gasteiger partial charge >= 0.3 is 36.9 Å². The van der Waals surface area contributed by atoms with Crippen LogP contribution in [-0.2, 0) is 50.5 Å². The first-order chi connectivity index (χ1) is 69.7. The van der Waals surface area contributed by atoms with Crippen molar-refractivity contribution < 1.29 is 103 Å². The minimum Gasteiger partial charge on any atom is -0.497 e. The van der Waals surface area contributed by atoms with Crippen LogP contribution >= 0.6 is 27.5 Å². The van der Waals surface area contributed by atoms with Crippen LogP contribution in [0.2, 0.25) is 5.15 Å². The van der Waals surface area contributed by atoms with Gasteiger partial charge in [0.25, 0.3) is 10.8 Å². The lowest BCUT2D eigenvalue weighted by Gasteiger charge is -2.20. The van der Waals surface area contributed by atoms with E-state index in [9.17, 15) is 65.9 Å². The maximum Gasteiger partial charge on any atom is 0.434 e. The number of nitrogens with two attached hydrogens (primary N) is 2. The van der Waals surface area contributed by atoms with Gasteiger partial charge in [-0.05, 0) is 114 Å². The fraction of sp³-hybridized carbons (Fsp3) is 0.121. The number of nitrogens with zero attached hydrogens (tertiary/aromatic N) is 25. The van der Waals surface area contributed by atoms with Crippen LogP contribution in [-0.4, -0.2) is 127 Å². The molecule has 38 nitrogen and oxygen atoms in total. The standard InChI is InChI=1S/C22H15F3N6O2.C14H10F3N7O2.2C14H13N3O.C8H3BrF3N3O.C8H4F3N3O.C6H5N3.C5H2ClF3N2/c1-32-17-6-2-14(3-7-17)13-31(16-5-4-15(8-26)27-9-16)21-30-11-19(33-21)18-10-29-20(12-28-18)22(23,24)25;15-14(16,17)11-6-20-9(4-21-11)10-5-22-13(26-10)23-7-1-2-8(19-3-7)12(18)24-25;2*1-18-14-6-2-11(3-7-14)9-16-13-5-4-12(8-15)17-10-13;9-7-15-2-5(16-7)4-1-14-6(3-13-4)8(10,11)12;9-8(10,11)7-3-13-5(1-14-7)6-2-12-4-15-6;7-3-6-2-1-5(8)4-9-6;6-4-2-10-3(1-11-4)5(7,8)9/h2-7,9-12H,13H2,1H3;1-6,25H,(H2,18,24)(H,22,23);2*2-7,10,16H,9H2,1H3;1-3H;1-4H;1-2,4H,8H2;1-2H. The highest BCUT2D eigenvalue weighted by Crippen LogP contribution is 2.36. The van der Waals surface area contributed by atoms with Crippen molar-refractivity contribution in [3.05, 3.63) is 341 Å². The van der Waals surface area contributed by atoms with E-state index in [0.29, 0.717) is 90.5 Å². The van der Waals surface area contributed by atoms with Crippen LogP contribution in [0.15, 0.2) is 285 Å². The average Bonchev–Trinajstić information content (AvgIpc) is 1.65. The first-order valence-electron chi connectivity index (χ1n) is 40.3. The van der Waals surface area contributed by atoms with E-state index in [4.69, 9.17) is 81.2 Å². The molecule has 17 rings (SSSR count). The van der Waals surface area contributed by atoms with Crippen molar-refractivity contribution in [1.82, 2.24) is 94.7 Å². The van der Waals surface area contributed by atoms with Crippen LogP contribution in [0.25, 0.3) is 45.8 Å². The summed E-state index contributed by atoms with van der Waals surface area (Å²) in [4.78, 5) is 71.3. The second-order valence-electron chi connectivity index (χ2n) is 27.8. The Kier molecular flexibility index (Phi) is 38.7. The Hall–Kier alpha value is -19.0. The number of alkyl halides is 15. The van der Waals surface area contributed by atoms with E-state index in [1.54, 1.807) is 81.1 Å². The molecule has 14 heterocycles. The van der Waals surface area contributed by atoms with E-state index in [0.717, 1.165) is 76.9 Å². The third-order valence-corrected chi connectivity index (χ3v) is 18.4. The number of benzene rings is 3. The van der Waals surface area contributed by atoms with Gasteiger partial charge in [-0.15, -0.1) is 0 Å². The van der Waals surface area contributed by atoms with Crippen LogP contribution in [0.3, 0.4) is 0 Å². The Morgan fingerprint density at radius 1 is 0.397 bits per heavy atom. The number of nitrogen functional groups attached to an aromatic ring is 1. The number of oxazole rings is 4. The Morgan fingerprint density at radius 2 is 0.781 bits per heavy atom. The number of hydrogen-bond donors (Lipinski definition) is 6. The highest BCUT2D eigenvalue weighted by atomic mass is 79.9. The van der Waals surface area contributed by atoms with Crippen molar-refractivity contribution in [1.29, 1.82) is 21.0 Å². The molecule has 0 saturated carbocycles. The Morgan fingerprint density at radius 3 is 1.12 bits per heavy atom. The van der Waals surface area contributed by atoms with Gasteiger partial charge in [-0.25, -0.2) is 89.7 Å². The predicted octanol–water partition coefficient (Wildman–Crippen LogP) is 20.0. The second-order valence-corrected chi connectivity index (χ2v) is 28.9. The van der Waals surface area contributed by atoms with E-state index in [2.05, 4.69) is 132 Å². The molecule has 0 aliphatic carbocycles. The van der Waals surface area contributed by atoms with Crippen LogP contribution in [0.1, 0.15) is 73.6 Å². The number of oxime groups is 1. The topological polar surface area (TPSA) is 544 Å². The van der Waals surface area contributed by atoms with Gasteiger partial charge in [-0.2, -0.15) is 86.9 Å². The highest BCUT2D eigenvalue weighted by Gasteiger charge is 2.37. The van der Waals surface area contributed by atoms with Gasteiger partial charge in [0.1, 0.15) is 97.9 Å². The Bertz CT molecular complexity index is 7060. The number of methoxy groups -OCH3 is 3. The van der Waals surface area contributed by atoms with Gasteiger partial charge in [-0.3, -0.25) is 9.88 Å². The number of nitriles is 4. The van der Waals surface area contributed by atoms with Gasteiger partial charge in [0.15, 0.2) is 63.7 Å². The summed E-state index contributed by atoms with van der Waals surface area (Å²) in [5, 5.41) is 55.2. The highest BCUT2D eigenvalue weighted by molar-refractivity contribution is 9.10. The summed E-state index contributed by atoms with van der Waals surface area (Å²) < 4.78 is 220. The lowest BCUT2D eigenvalue weighted by atomic mass is 10.2. The zero-order chi connectivity index (χ0) is 106. The number of anilines is 7. The molecule has 0 amide bonds. The number of pyridine rings is 5. The molecular weight excluding hydrogens is 2040 g/mol. The summed E-state index contributed by atoms with van der Waals surface area (Å²) in [6, 6.07) is 47.7. The summed E-state index contributed by atoms with van der Waals surface area (Å²) in [5.41, 5.74) is 14.4. The molecule has 3 aromatic carbocycles. The summed E-state index contributed by atoms with van der Waals surface area (Å²) >= 11 is 8.19. The summed E-state index contributed by atoms with van der Waals surface area (Å²) in [6.45, 7) is 1.74. The fourth-order valence-corrected chi connectivity index (χ4v) is 11.0. The maximum absolute atomic E-state index is 12.7. The molecule has 0 bridgehead atoms. The molecule has 0 unspecified atom stereocenters. The van der Waals surface area contributed by atoms with Crippen molar-refractivity contribution in [3.8, 4) is 87.3 Å². The van der Waals surface area contributed by atoms with Gasteiger partial charge in [0.2, 0.25) is 0 Å². The molecule has 146 heavy (non-hydrogen) atoms. The van der Waals surface area contributed by atoms with Crippen molar-refractivity contribution in [3.63, 3.8) is 0 Å². The zero-order valence-corrected chi connectivity index (χ0v) is 76.8. The van der Waals surface area contributed by atoms with E-state index in [1.807, 2.05) is 109 Å². The smallest absolute Gasteiger partial charge is 0.434 e. The number of amidine groups is 1.